The molecule has 0 unspecified atom stereocenters. The van der Waals surface area contributed by atoms with Gasteiger partial charge in [-0.3, -0.25) is 9.97 Å². The zero-order valence-corrected chi connectivity index (χ0v) is 14.8. The van der Waals surface area contributed by atoms with Crippen molar-refractivity contribution in [3.8, 4) is 0 Å². The Kier molecular flexibility index (Phi) is 3.66. The van der Waals surface area contributed by atoms with E-state index in [2.05, 4.69) is 38.1 Å². The summed E-state index contributed by atoms with van der Waals surface area (Å²) < 4.78 is 6.29. The van der Waals surface area contributed by atoms with Crippen LogP contribution in [0.3, 0.4) is 0 Å². The maximum atomic E-state index is 6.14. The van der Waals surface area contributed by atoms with E-state index in [0.717, 1.165) is 45.7 Å². The second-order valence-electron chi connectivity index (χ2n) is 6.36. The summed E-state index contributed by atoms with van der Waals surface area (Å²) in [4.78, 5) is 8.96. The number of nitrogens with zero attached hydrogens (tertiary/aromatic N) is 2. The van der Waals surface area contributed by atoms with Crippen LogP contribution in [-0.2, 0) is 10.2 Å². The molecule has 122 valence electrons. The van der Waals surface area contributed by atoms with Gasteiger partial charge in [0.05, 0.1) is 59.3 Å². The highest BCUT2D eigenvalue weighted by atomic mass is 79.9. The monoisotopic (exact) mass is 384 g/mol. The largest absolute Gasteiger partial charge is 0.396 e. The normalized spacial score (nSPS) is 15.9. The summed E-state index contributed by atoms with van der Waals surface area (Å²) in [7, 11) is 0. The zero-order chi connectivity index (χ0) is 16.7. The molecule has 3 aromatic rings. The Morgan fingerprint density at radius 3 is 2.67 bits per heavy atom. The fraction of sp³-hybridized carbons (Fsp3) is 0.222. The van der Waals surface area contributed by atoms with Crippen molar-refractivity contribution in [3.63, 3.8) is 0 Å². The van der Waals surface area contributed by atoms with Gasteiger partial charge in [0.15, 0.2) is 0 Å². The van der Waals surface area contributed by atoms with Crippen LogP contribution in [0.5, 0.6) is 0 Å². The van der Waals surface area contributed by atoms with E-state index in [-0.39, 0.29) is 5.41 Å². The van der Waals surface area contributed by atoms with Crippen molar-refractivity contribution in [1.82, 2.24) is 9.97 Å². The number of aromatic nitrogens is 2. The summed E-state index contributed by atoms with van der Waals surface area (Å²) in [6.45, 7) is 3.61. The molecule has 1 aromatic carbocycles. The van der Waals surface area contributed by atoms with Crippen molar-refractivity contribution < 1.29 is 4.74 Å². The number of nitrogens with two attached hydrogens (primary N) is 1. The van der Waals surface area contributed by atoms with Crippen LogP contribution in [0.1, 0.15) is 12.6 Å². The van der Waals surface area contributed by atoms with E-state index in [1.54, 1.807) is 6.20 Å². The first-order chi connectivity index (χ1) is 11.5. The number of rotatable bonds is 3. The lowest BCUT2D eigenvalue weighted by Gasteiger charge is -2.37. The van der Waals surface area contributed by atoms with Gasteiger partial charge in [-0.15, -0.1) is 0 Å². The van der Waals surface area contributed by atoms with Crippen LogP contribution in [-0.4, -0.2) is 23.2 Å². The van der Waals surface area contributed by atoms with Crippen LogP contribution >= 0.6 is 15.9 Å². The van der Waals surface area contributed by atoms with E-state index in [0.29, 0.717) is 5.69 Å². The first-order valence-corrected chi connectivity index (χ1v) is 8.49. The lowest BCUT2D eigenvalue weighted by Crippen LogP contribution is -2.44. The van der Waals surface area contributed by atoms with Gasteiger partial charge in [-0.2, -0.15) is 0 Å². The molecular weight excluding hydrogens is 368 g/mol. The number of benzene rings is 1. The number of anilines is 3. The molecular formula is C18H17BrN4O. The van der Waals surface area contributed by atoms with Crippen molar-refractivity contribution in [1.29, 1.82) is 0 Å². The van der Waals surface area contributed by atoms with E-state index in [1.165, 1.54) is 0 Å². The summed E-state index contributed by atoms with van der Waals surface area (Å²) in [5.74, 6) is 0. The van der Waals surface area contributed by atoms with Crippen LogP contribution in [0, 0.1) is 0 Å². The summed E-state index contributed by atoms with van der Waals surface area (Å²) in [6.07, 6.45) is 3.51. The predicted octanol–water partition coefficient (Wildman–Crippen LogP) is 4.01. The number of ether oxygens (including phenoxy) is 1. The third-order valence-corrected chi connectivity index (χ3v) is 4.85. The molecule has 0 spiro atoms. The molecule has 5 nitrogen and oxygen atoms in total. The minimum Gasteiger partial charge on any atom is -0.396 e. The summed E-state index contributed by atoms with van der Waals surface area (Å²) in [6, 6.07) is 10.0. The van der Waals surface area contributed by atoms with Gasteiger partial charge in [-0.1, -0.05) is 15.9 Å². The molecule has 2 aromatic heterocycles. The van der Waals surface area contributed by atoms with Crippen molar-refractivity contribution in [2.24, 2.45) is 0 Å². The molecule has 0 saturated carbocycles. The molecule has 0 amide bonds. The third-order valence-electron chi connectivity index (χ3n) is 4.35. The first-order valence-electron chi connectivity index (χ1n) is 7.70. The van der Waals surface area contributed by atoms with E-state index < -0.39 is 0 Å². The Labute approximate surface area is 148 Å². The second kappa shape index (κ2) is 5.72. The van der Waals surface area contributed by atoms with Crippen molar-refractivity contribution in [2.75, 3.05) is 24.3 Å². The molecule has 1 aliphatic heterocycles. The van der Waals surface area contributed by atoms with Crippen LogP contribution in [0.2, 0.25) is 0 Å². The Morgan fingerprint density at radius 2 is 2.00 bits per heavy atom. The Bertz CT molecular complexity index is 902. The Morgan fingerprint density at radius 1 is 1.17 bits per heavy atom. The van der Waals surface area contributed by atoms with Gasteiger partial charge in [-0.05, 0) is 37.3 Å². The average molecular weight is 385 g/mol. The predicted molar refractivity (Wildman–Crippen MR) is 99.5 cm³/mol. The second-order valence-corrected chi connectivity index (χ2v) is 7.28. The first kappa shape index (κ1) is 15.4. The number of pyridine rings is 2. The molecule has 0 aliphatic carbocycles. The summed E-state index contributed by atoms with van der Waals surface area (Å²) in [5, 5.41) is 4.34. The average Bonchev–Trinajstić information content (AvgIpc) is 2.56. The fourth-order valence-electron chi connectivity index (χ4n) is 2.85. The molecule has 3 N–H and O–H groups in total. The number of nitrogens with one attached hydrogen (secondary N) is 1. The molecule has 0 radical (unpaired) electrons. The quantitative estimate of drug-likeness (QED) is 0.713. The number of fused-ring (bicyclic) bond motifs is 1. The van der Waals surface area contributed by atoms with E-state index >= 15 is 0 Å². The van der Waals surface area contributed by atoms with Crippen molar-refractivity contribution in [3.05, 3.63) is 52.9 Å². The molecule has 3 heterocycles. The lowest BCUT2D eigenvalue weighted by molar-refractivity contribution is -0.0520. The van der Waals surface area contributed by atoms with E-state index in [9.17, 15) is 0 Å². The van der Waals surface area contributed by atoms with Gasteiger partial charge in [0.2, 0.25) is 0 Å². The Hall–Kier alpha value is -2.18. The van der Waals surface area contributed by atoms with Gasteiger partial charge in [0, 0.05) is 9.86 Å². The number of halogens is 1. The van der Waals surface area contributed by atoms with E-state index in [4.69, 9.17) is 10.5 Å². The summed E-state index contributed by atoms with van der Waals surface area (Å²) >= 11 is 3.50. The molecule has 6 heteroatoms. The van der Waals surface area contributed by atoms with Gasteiger partial charge in [0.1, 0.15) is 0 Å². The highest BCUT2D eigenvalue weighted by Crippen LogP contribution is 2.34. The molecule has 1 aliphatic rings. The van der Waals surface area contributed by atoms with Gasteiger partial charge in [0.25, 0.3) is 0 Å². The SMILES string of the molecule is CC1(c2ccc(Nc3c(N)cnc4ccc(Br)cc34)cn2)COC1. The molecule has 24 heavy (non-hydrogen) atoms. The van der Waals surface area contributed by atoms with Gasteiger partial charge >= 0.3 is 0 Å². The van der Waals surface area contributed by atoms with Gasteiger partial charge < -0.3 is 15.8 Å². The molecule has 4 rings (SSSR count). The highest BCUT2D eigenvalue weighted by molar-refractivity contribution is 9.10. The van der Waals surface area contributed by atoms with E-state index in [1.807, 2.05) is 36.5 Å². The lowest BCUT2D eigenvalue weighted by atomic mass is 9.84. The number of hydrogen-bond acceptors (Lipinski definition) is 5. The van der Waals surface area contributed by atoms with Crippen LogP contribution < -0.4 is 11.1 Å². The molecule has 1 saturated heterocycles. The molecule has 0 atom stereocenters. The maximum Gasteiger partial charge on any atom is 0.0746 e. The fourth-order valence-corrected chi connectivity index (χ4v) is 3.21. The number of nitrogen functional groups attached to an aromatic ring is 1. The third kappa shape index (κ3) is 2.61. The van der Waals surface area contributed by atoms with Crippen molar-refractivity contribution in [2.45, 2.75) is 12.3 Å². The summed E-state index contributed by atoms with van der Waals surface area (Å²) in [5.41, 5.74) is 10.4. The van der Waals surface area contributed by atoms with Crippen LogP contribution in [0.15, 0.2) is 47.2 Å². The van der Waals surface area contributed by atoms with Crippen LogP contribution in [0.25, 0.3) is 10.9 Å². The van der Waals surface area contributed by atoms with Crippen LogP contribution in [0.4, 0.5) is 17.1 Å². The standard InChI is InChI=1S/C18H17BrN4O/c1-18(9-24-10-18)16-5-3-12(7-22-16)23-17-13-6-11(19)2-4-15(13)21-8-14(17)20/h2-8H,9-10,20H2,1H3,(H,21,23). The number of hydrogen-bond donors (Lipinski definition) is 2. The van der Waals surface area contributed by atoms with Crippen molar-refractivity contribution >= 4 is 43.9 Å². The van der Waals surface area contributed by atoms with Gasteiger partial charge in [-0.25, -0.2) is 0 Å². The molecule has 1 fully saturated rings. The Balaban J connectivity index is 1.69. The maximum absolute atomic E-state index is 6.14. The minimum absolute atomic E-state index is 0.0335. The topological polar surface area (TPSA) is 73.1 Å². The minimum atomic E-state index is 0.0335. The molecule has 0 bridgehead atoms. The zero-order valence-electron chi connectivity index (χ0n) is 13.2. The smallest absolute Gasteiger partial charge is 0.0746 e. The highest BCUT2D eigenvalue weighted by Gasteiger charge is 2.36.